The van der Waals surface area contributed by atoms with E-state index in [1.54, 1.807) is 6.92 Å². The first-order valence-corrected chi connectivity index (χ1v) is 30.3. The maximum atomic E-state index is 13.1. The highest BCUT2D eigenvalue weighted by molar-refractivity contribution is 7.87. The Morgan fingerprint density at radius 3 is 1.63 bits per heavy atom. The summed E-state index contributed by atoms with van der Waals surface area (Å²) in [6.07, 6.45) is -0.0715. The van der Waals surface area contributed by atoms with Crippen LogP contribution in [0.1, 0.15) is 12.0 Å². The third-order valence-corrected chi connectivity index (χ3v) is 16.2. The third kappa shape index (κ3) is 13.8. The van der Waals surface area contributed by atoms with Crippen LogP contribution in [0.15, 0.2) is 156 Å². The van der Waals surface area contributed by atoms with Gasteiger partial charge < -0.3 is 20.7 Å². The molecule has 7 rings (SSSR count). The van der Waals surface area contributed by atoms with Crippen molar-refractivity contribution in [2.75, 3.05) is 18.1 Å². The largest absolute Gasteiger partial charge is 0.505 e. The Hall–Kier alpha value is -8.48. The van der Waals surface area contributed by atoms with E-state index in [0.717, 1.165) is 48.5 Å². The first-order valence-electron chi connectivity index (χ1n) is 21.5. The van der Waals surface area contributed by atoms with Gasteiger partial charge in [0.2, 0.25) is 0 Å². The molecule has 0 aliphatic carbocycles. The molecule has 81 heavy (non-hydrogen) atoms. The van der Waals surface area contributed by atoms with E-state index < -0.39 is 180 Å². The normalized spacial score (nSPS) is 13.2. The Morgan fingerprint density at radius 1 is 0.506 bits per heavy atom. The van der Waals surface area contributed by atoms with Gasteiger partial charge in [-0.1, -0.05) is 12.1 Å². The number of anilines is 1. The van der Waals surface area contributed by atoms with Gasteiger partial charge in [0.15, 0.2) is 11.5 Å². The minimum atomic E-state index is -5.65. The third-order valence-electron chi connectivity index (χ3n) is 10.9. The number of rotatable bonds is 19. The molecule has 0 aliphatic rings. The molecule has 426 valence electrons. The molecule has 7 aromatic rings. The van der Waals surface area contributed by atoms with Crippen molar-refractivity contribution in [3.05, 3.63) is 107 Å². The van der Waals surface area contributed by atoms with E-state index in [1.807, 2.05) is 0 Å². The van der Waals surface area contributed by atoms with E-state index in [4.69, 9.17) is 15.0 Å². The second-order valence-corrected chi connectivity index (χ2v) is 24.9. The van der Waals surface area contributed by atoms with Gasteiger partial charge in [-0.3, -0.25) is 37.4 Å². The predicted octanol–water partition coefficient (Wildman–Crippen LogP) is 8.75. The monoisotopic (exact) mass is 1240 g/mol. The van der Waals surface area contributed by atoms with Crippen LogP contribution in [0.5, 0.6) is 17.2 Å². The van der Waals surface area contributed by atoms with Crippen molar-refractivity contribution in [1.29, 1.82) is 0 Å². The predicted molar refractivity (Wildman–Crippen MR) is 279 cm³/mol. The lowest BCUT2D eigenvalue weighted by Crippen LogP contribution is -2.08. The average molecular weight is 1240 g/mol. The summed E-state index contributed by atoms with van der Waals surface area (Å²) < 4.78 is 213. The summed E-state index contributed by atoms with van der Waals surface area (Å²) in [5.41, 5.74) is 0.211. The molecule has 0 unspecified atom stereocenters. The number of nitro benzene ring substituents is 1. The summed E-state index contributed by atoms with van der Waals surface area (Å²) in [7, 11) is -31.2. The number of non-ortho nitro benzene ring substituents is 1. The standard InChI is InChI=1S/C42H34N10O23S6/c1-20-3-6-23(75-13-2-14-76(57,58)59)17-31(20)49-46-27-9-4-21(15-34(27)78(63,64)65)44-51-39-36(80(69,70)71)18-26-24(40(39)53)7-12-30(42(26)81(72,73)74)48-50-32-19-33(77(60,61)62)25-8-11-29(41(54)37(25)38(32)43)47-45-28-10-5-22(52(55)56)16-35(28)79(66,67)68/h3-12,15-19,53-54H,2,13-14,43H2,1H3,(H,57,58,59)(H,60,61,62)(H,63,64,65)(H,66,67,68)(H,69,70,71)(H,72,73,74). The number of phenolic OH excluding ortho intramolecular Hbond substituents is 2. The van der Waals surface area contributed by atoms with Crippen molar-refractivity contribution < 1.29 is 97.7 Å². The molecule has 0 radical (unpaired) electrons. The maximum absolute atomic E-state index is 13.1. The number of nitrogen functional groups attached to an aromatic ring is 1. The number of aryl methyl sites for hydroxylation is 1. The second-order valence-electron chi connectivity index (χ2n) is 16.4. The van der Waals surface area contributed by atoms with Crippen LogP contribution in [0.2, 0.25) is 0 Å². The van der Waals surface area contributed by atoms with Crippen molar-refractivity contribution in [2.45, 2.75) is 37.8 Å². The fourth-order valence-corrected chi connectivity index (χ4v) is 11.2. The number of azo groups is 4. The van der Waals surface area contributed by atoms with E-state index in [-0.39, 0.29) is 24.5 Å². The van der Waals surface area contributed by atoms with Gasteiger partial charge in [0.1, 0.15) is 64.4 Å². The van der Waals surface area contributed by atoms with Crippen molar-refractivity contribution in [1.82, 2.24) is 0 Å². The quantitative estimate of drug-likeness (QED) is 0.00911. The fourth-order valence-electron chi connectivity index (χ4n) is 7.28. The van der Waals surface area contributed by atoms with Crippen molar-refractivity contribution in [2.24, 2.45) is 40.9 Å². The maximum Gasteiger partial charge on any atom is 0.297 e. The minimum absolute atomic E-state index is 0.0715. The molecule has 7 aromatic carbocycles. The van der Waals surface area contributed by atoms with Crippen LogP contribution >= 0.6 is 0 Å². The van der Waals surface area contributed by atoms with Crippen molar-refractivity contribution in [3.63, 3.8) is 0 Å². The molecule has 0 aromatic heterocycles. The SMILES string of the molecule is Cc1ccc(OCCCS(=O)(=O)O)cc1N=Nc1ccc(N=Nc2c(S(=O)(=O)O)cc3c(S(=O)(=O)O)c(N=Nc4cc(S(=O)(=O)O)c5ccc(N=Nc6ccc([N+](=O)[O-])cc6S(=O)(=O)O)c(O)c5c4N)ccc3c2O)cc1S(=O)(=O)O. The molecule has 0 amide bonds. The molecular formula is C42H34N10O23S6. The van der Waals surface area contributed by atoms with Crippen molar-refractivity contribution >= 4 is 139 Å². The number of nitrogens with zero attached hydrogens (tertiary/aromatic N) is 9. The number of nitrogens with two attached hydrogens (primary N) is 1. The molecule has 0 heterocycles. The Balaban J connectivity index is 1.29. The second kappa shape index (κ2) is 22.2. The van der Waals surface area contributed by atoms with Gasteiger partial charge in [-0.25, -0.2) is 0 Å². The van der Waals surface area contributed by atoms with Gasteiger partial charge in [-0.15, -0.1) is 30.7 Å². The number of nitro groups is 1. The van der Waals surface area contributed by atoms with Gasteiger partial charge in [0.05, 0.1) is 39.7 Å². The summed E-state index contributed by atoms with van der Waals surface area (Å²) in [6.45, 7) is 1.46. The van der Waals surface area contributed by atoms with Gasteiger partial charge in [0, 0.05) is 34.4 Å². The van der Waals surface area contributed by atoms with Gasteiger partial charge in [-0.05, 0) is 79.6 Å². The number of ether oxygens (including phenoxy) is 1. The lowest BCUT2D eigenvalue weighted by molar-refractivity contribution is -0.385. The molecule has 39 heteroatoms. The zero-order chi connectivity index (χ0) is 59.9. The number of benzene rings is 7. The minimum Gasteiger partial charge on any atom is -0.505 e. The lowest BCUT2D eigenvalue weighted by Gasteiger charge is -2.13. The molecule has 10 N–H and O–H groups in total. The number of aromatic hydroxyl groups is 2. The fraction of sp³-hybridized carbons (Fsp3) is 0.0952. The summed E-state index contributed by atoms with van der Waals surface area (Å²) in [5, 5.41) is 61.1. The summed E-state index contributed by atoms with van der Waals surface area (Å²) in [6, 6.07) is 13.4. The van der Waals surface area contributed by atoms with E-state index in [9.17, 15) is 93.6 Å². The van der Waals surface area contributed by atoms with Crippen LogP contribution in [-0.4, -0.2) is 105 Å². The van der Waals surface area contributed by atoms with Crippen LogP contribution in [0.25, 0.3) is 21.5 Å². The van der Waals surface area contributed by atoms with Crippen LogP contribution in [0.4, 0.5) is 56.9 Å². The Morgan fingerprint density at radius 2 is 1.04 bits per heavy atom. The molecule has 0 saturated heterocycles. The number of hydrogen-bond acceptors (Lipinski definition) is 26. The molecule has 0 aliphatic heterocycles. The van der Waals surface area contributed by atoms with Crippen molar-refractivity contribution in [3.8, 4) is 17.2 Å². The molecular weight excluding hydrogens is 1200 g/mol. The molecule has 0 atom stereocenters. The summed E-state index contributed by atoms with van der Waals surface area (Å²) >= 11 is 0. The highest BCUT2D eigenvalue weighted by Gasteiger charge is 2.29. The average Bonchev–Trinajstić information content (AvgIpc) is 3.56. The Labute approximate surface area is 455 Å². The van der Waals surface area contributed by atoms with Crippen LogP contribution in [0, 0.1) is 17.0 Å². The zero-order valence-electron chi connectivity index (χ0n) is 40.0. The molecule has 0 bridgehead atoms. The molecule has 0 fully saturated rings. The van der Waals surface area contributed by atoms with Gasteiger partial charge in [0.25, 0.3) is 66.4 Å². The molecule has 0 saturated carbocycles. The number of fused-ring (bicyclic) bond motifs is 2. The number of hydrogen-bond donors (Lipinski definition) is 9. The molecule has 33 nitrogen and oxygen atoms in total. The highest BCUT2D eigenvalue weighted by Crippen LogP contribution is 2.48. The van der Waals surface area contributed by atoms with E-state index >= 15 is 0 Å². The number of phenols is 2. The highest BCUT2D eigenvalue weighted by atomic mass is 32.2. The van der Waals surface area contributed by atoms with E-state index in [0.29, 0.717) is 29.8 Å². The van der Waals surface area contributed by atoms with Gasteiger partial charge >= 0.3 is 0 Å². The Bertz CT molecular complexity index is 4680. The molecule has 0 spiro atoms. The van der Waals surface area contributed by atoms with Crippen LogP contribution < -0.4 is 10.5 Å². The lowest BCUT2D eigenvalue weighted by atomic mass is 10.1. The van der Waals surface area contributed by atoms with E-state index in [2.05, 4.69) is 40.9 Å². The Kier molecular flexibility index (Phi) is 16.5. The van der Waals surface area contributed by atoms with Crippen LogP contribution in [-0.2, 0) is 60.7 Å². The first-order chi connectivity index (χ1) is 37.4. The summed E-state index contributed by atoms with van der Waals surface area (Å²) in [4.78, 5) is 4.40. The van der Waals surface area contributed by atoms with E-state index in [1.165, 1.54) is 18.2 Å². The van der Waals surface area contributed by atoms with Gasteiger partial charge in [-0.2, -0.15) is 60.7 Å². The summed E-state index contributed by atoms with van der Waals surface area (Å²) in [5.74, 6) is -2.71. The van der Waals surface area contributed by atoms with Crippen LogP contribution in [0.3, 0.4) is 0 Å². The first kappa shape index (κ1) is 60.2. The zero-order valence-corrected chi connectivity index (χ0v) is 44.9. The smallest absolute Gasteiger partial charge is 0.297 e. The topological polar surface area (TPSA) is 544 Å².